The predicted molar refractivity (Wildman–Crippen MR) is 197 cm³/mol. The van der Waals surface area contributed by atoms with E-state index in [2.05, 4.69) is 12.2 Å². The lowest BCUT2D eigenvalue weighted by molar-refractivity contribution is -0.161. The van der Waals surface area contributed by atoms with Gasteiger partial charge in [-0.25, -0.2) is 14.5 Å². The Kier molecular flexibility index (Phi) is 21.1. The molecule has 0 aliphatic carbocycles. The van der Waals surface area contributed by atoms with Crippen molar-refractivity contribution in [2.24, 2.45) is 5.73 Å². The Balaban J connectivity index is 2.14. The highest BCUT2D eigenvalue weighted by molar-refractivity contribution is 5.99. The van der Waals surface area contributed by atoms with Crippen molar-refractivity contribution < 1.29 is 38.2 Å². The normalized spacial score (nSPS) is 15.7. The third-order valence-electron chi connectivity index (χ3n) is 8.96. The Bertz CT molecular complexity index is 1180. The number of rotatable bonds is 24. The van der Waals surface area contributed by atoms with Gasteiger partial charge in [-0.05, 0) is 71.4 Å². The van der Waals surface area contributed by atoms with Crippen LogP contribution in [0.15, 0.2) is 30.3 Å². The molecule has 1 aromatic rings. The second-order valence-corrected chi connectivity index (χ2v) is 14.8. The highest BCUT2D eigenvalue weighted by Gasteiger charge is 2.42. The number of nitrogens with two attached hydrogens (primary N) is 1. The summed E-state index contributed by atoms with van der Waals surface area (Å²) < 4.78 is 16.9. The Labute approximate surface area is 306 Å². The van der Waals surface area contributed by atoms with E-state index in [-0.39, 0.29) is 32.3 Å². The molecule has 1 aliphatic heterocycles. The summed E-state index contributed by atoms with van der Waals surface area (Å²) in [5, 5.41) is 3.16. The van der Waals surface area contributed by atoms with E-state index in [4.69, 9.17) is 19.9 Å². The molecular formula is C40H65N3O8. The minimum Gasteiger partial charge on any atom is -0.461 e. The fourth-order valence-electron chi connectivity index (χ4n) is 6.22. The molecule has 0 spiro atoms. The molecule has 0 bridgehead atoms. The summed E-state index contributed by atoms with van der Waals surface area (Å²) in [4.78, 5) is 67.2. The summed E-state index contributed by atoms with van der Waals surface area (Å²) in [7, 11) is 0. The molecule has 1 fully saturated rings. The molecule has 2 rings (SSSR count). The number of hydrogen-bond acceptors (Lipinski definition) is 9. The topological polar surface area (TPSA) is 154 Å². The monoisotopic (exact) mass is 715 g/mol. The highest BCUT2D eigenvalue weighted by Crippen LogP contribution is 2.23. The van der Waals surface area contributed by atoms with E-state index < -0.39 is 53.6 Å². The van der Waals surface area contributed by atoms with Gasteiger partial charge in [0.1, 0.15) is 24.4 Å². The van der Waals surface area contributed by atoms with E-state index >= 15 is 0 Å². The first-order valence-electron chi connectivity index (χ1n) is 19.4. The van der Waals surface area contributed by atoms with Gasteiger partial charge in [0.25, 0.3) is 0 Å². The predicted octanol–water partition coefficient (Wildman–Crippen LogP) is 7.66. The SMILES string of the molecule is CCCCCCCCCCCCC[C@@H](CC(N)=O)OC(=O)[C@H](CCCC(=O)OCc1ccccc1)N(C(=O)OC(C)(C)C)C(=O)C1CCCCN1. The van der Waals surface area contributed by atoms with Crippen LogP contribution in [0.5, 0.6) is 0 Å². The molecule has 3 atom stereocenters. The molecule has 1 aliphatic rings. The summed E-state index contributed by atoms with van der Waals surface area (Å²) in [6.07, 6.45) is 13.4. The van der Waals surface area contributed by atoms with Crippen molar-refractivity contribution >= 4 is 29.8 Å². The second kappa shape index (κ2) is 24.7. The number of amides is 3. The van der Waals surface area contributed by atoms with E-state index in [1.165, 1.54) is 44.9 Å². The average molecular weight is 716 g/mol. The molecule has 3 N–H and O–H groups in total. The van der Waals surface area contributed by atoms with Crippen LogP contribution in [0.4, 0.5) is 4.79 Å². The molecule has 11 nitrogen and oxygen atoms in total. The number of ether oxygens (including phenoxy) is 3. The molecular weight excluding hydrogens is 650 g/mol. The lowest BCUT2D eigenvalue weighted by Crippen LogP contribution is -2.57. The van der Waals surface area contributed by atoms with Gasteiger partial charge in [0.15, 0.2) is 0 Å². The molecule has 1 aromatic carbocycles. The Hall–Kier alpha value is -3.47. The quantitative estimate of drug-likeness (QED) is 0.0624. The Morgan fingerprint density at radius 2 is 1.49 bits per heavy atom. The number of nitrogens with one attached hydrogen (secondary N) is 1. The first kappa shape index (κ1) is 43.7. The van der Waals surface area contributed by atoms with E-state index in [1.54, 1.807) is 20.8 Å². The molecule has 3 amide bonds. The number of hydrogen-bond donors (Lipinski definition) is 2. The van der Waals surface area contributed by atoms with Gasteiger partial charge in [-0.3, -0.25) is 14.4 Å². The van der Waals surface area contributed by atoms with Gasteiger partial charge in [-0.15, -0.1) is 0 Å². The van der Waals surface area contributed by atoms with Gasteiger partial charge < -0.3 is 25.3 Å². The molecule has 1 unspecified atom stereocenters. The standard InChI is InChI=1S/C40H65N3O8/c1-5-6-7-8-9-10-11-12-13-14-18-24-32(29-35(41)44)50-38(47)34(26-21-27-36(45)49-30-31-22-16-15-17-23-31)43(39(48)51-40(2,3)4)37(46)33-25-19-20-28-42-33/h15-17,22-23,32-34,42H,5-14,18-21,24-30H2,1-4H3,(H2,41,44)/t32-,33?,34-/m0/s1. The smallest absolute Gasteiger partial charge is 0.417 e. The zero-order chi connectivity index (χ0) is 37.5. The minimum absolute atomic E-state index is 0.0436. The molecule has 1 saturated heterocycles. The second-order valence-electron chi connectivity index (χ2n) is 14.8. The van der Waals surface area contributed by atoms with Crippen molar-refractivity contribution in [3.63, 3.8) is 0 Å². The maximum absolute atomic E-state index is 14.0. The van der Waals surface area contributed by atoms with Crippen LogP contribution in [-0.2, 0) is 40.0 Å². The lowest BCUT2D eigenvalue weighted by atomic mass is 10.0. The van der Waals surface area contributed by atoms with Crippen molar-refractivity contribution in [1.29, 1.82) is 0 Å². The van der Waals surface area contributed by atoms with Gasteiger partial charge in [0, 0.05) is 6.42 Å². The van der Waals surface area contributed by atoms with Crippen molar-refractivity contribution in [2.45, 2.75) is 180 Å². The summed E-state index contributed by atoms with van der Waals surface area (Å²) in [6, 6.07) is 7.21. The molecule has 0 saturated carbocycles. The van der Waals surface area contributed by atoms with Crippen LogP contribution >= 0.6 is 0 Å². The van der Waals surface area contributed by atoms with E-state index in [1.807, 2.05) is 30.3 Å². The number of carbonyl (C=O) groups is 5. The summed E-state index contributed by atoms with van der Waals surface area (Å²) >= 11 is 0. The average Bonchev–Trinajstić information content (AvgIpc) is 3.08. The van der Waals surface area contributed by atoms with Crippen molar-refractivity contribution in [3.8, 4) is 0 Å². The number of nitrogens with zero attached hydrogens (tertiary/aromatic N) is 1. The fraction of sp³-hybridized carbons (Fsp3) is 0.725. The molecule has 0 radical (unpaired) electrons. The molecule has 288 valence electrons. The number of unbranched alkanes of at least 4 members (excludes halogenated alkanes) is 10. The van der Waals surface area contributed by atoms with E-state index in [0.717, 1.165) is 49.0 Å². The summed E-state index contributed by atoms with van der Waals surface area (Å²) in [6.45, 7) is 7.96. The Morgan fingerprint density at radius 3 is 2.06 bits per heavy atom. The van der Waals surface area contributed by atoms with Crippen LogP contribution in [0.2, 0.25) is 0 Å². The largest absolute Gasteiger partial charge is 0.461 e. The molecule has 0 aromatic heterocycles. The zero-order valence-corrected chi connectivity index (χ0v) is 31.8. The van der Waals surface area contributed by atoms with Gasteiger partial charge in [-0.2, -0.15) is 0 Å². The van der Waals surface area contributed by atoms with Gasteiger partial charge in [-0.1, -0.05) is 108 Å². The van der Waals surface area contributed by atoms with Gasteiger partial charge >= 0.3 is 18.0 Å². The minimum atomic E-state index is -1.38. The molecule has 51 heavy (non-hydrogen) atoms. The van der Waals surface area contributed by atoms with Gasteiger partial charge in [0.05, 0.1) is 12.5 Å². The first-order chi connectivity index (χ1) is 24.4. The van der Waals surface area contributed by atoms with Crippen LogP contribution < -0.4 is 11.1 Å². The molecule has 11 heteroatoms. The maximum atomic E-state index is 14.0. The summed E-state index contributed by atoms with van der Waals surface area (Å²) in [5.74, 6) is -2.51. The maximum Gasteiger partial charge on any atom is 0.417 e. The number of primary amides is 1. The number of benzene rings is 1. The fourth-order valence-corrected chi connectivity index (χ4v) is 6.22. The van der Waals surface area contributed by atoms with Crippen LogP contribution in [0.3, 0.4) is 0 Å². The van der Waals surface area contributed by atoms with Crippen LogP contribution in [0.25, 0.3) is 0 Å². The summed E-state index contributed by atoms with van der Waals surface area (Å²) in [5.41, 5.74) is 5.44. The van der Waals surface area contributed by atoms with Crippen molar-refractivity contribution in [2.75, 3.05) is 6.54 Å². The molecule has 1 heterocycles. The third kappa shape index (κ3) is 19.1. The number of imide groups is 1. The number of piperidine rings is 1. The number of carbonyl (C=O) groups excluding carboxylic acids is 5. The third-order valence-corrected chi connectivity index (χ3v) is 8.96. The van der Waals surface area contributed by atoms with Crippen LogP contribution in [0, 0.1) is 0 Å². The highest BCUT2D eigenvalue weighted by atomic mass is 16.6. The van der Waals surface area contributed by atoms with E-state index in [9.17, 15) is 24.0 Å². The van der Waals surface area contributed by atoms with E-state index in [0.29, 0.717) is 19.4 Å². The van der Waals surface area contributed by atoms with Gasteiger partial charge in [0.2, 0.25) is 11.8 Å². The van der Waals surface area contributed by atoms with Crippen molar-refractivity contribution in [3.05, 3.63) is 35.9 Å². The first-order valence-corrected chi connectivity index (χ1v) is 19.4. The zero-order valence-electron chi connectivity index (χ0n) is 31.8. The van der Waals surface area contributed by atoms with Crippen molar-refractivity contribution in [1.82, 2.24) is 10.2 Å². The van der Waals surface area contributed by atoms with Crippen LogP contribution in [0.1, 0.15) is 155 Å². The Morgan fingerprint density at radius 1 is 0.863 bits per heavy atom. The number of esters is 2. The lowest BCUT2D eigenvalue weighted by Gasteiger charge is -2.35. The van der Waals surface area contributed by atoms with Crippen LogP contribution in [-0.4, -0.2) is 65.1 Å².